The first-order chi connectivity index (χ1) is 11.2. The predicted molar refractivity (Wildman–Crippen MR) is 94.3 cm³/mol. The molecule has 0 unspecified atom stereocenters. The lowest BCUT2D eigenvalue weighted by molar-refractivity contribution is -0.176. The van der Waals surface area contributed by atoms with Crippen molar-refractivity contribution >= 4 is 17.5 Å². The van der Waals surface area contributed by atoms with Gasteiger partial charge in [0.1, 0.15) is 0 Å². The SMILES string of the molecule is CS[C@H]1CC[C@H]2[C@@H]3CCC4=CC(=O)CC(F)(F)[C@]4(C)[C@H]3CC[C@]12C. The van der Waals surface area contributed by atoms with Gasteiger partial charge in [0.15, 0.2) is 5.78 Å². The Morgan fingerprint density at radius 3 is 2.58 bits per heavy atom. The number of fused-ring (bicyclic) bond motifs is 5. The Kier molecular flexibility index (Phi) is 3.77. The van der Waals surface area contributed by atoms with Gasteiger partial charge in [-0.3, -0.25) is 4.79 Å². The monoisotopic (exact) mass is 354 g/mol. The third kappa shape index (κ3) is 2.01. The third-order valence-corrected chi connectivity index (χ3v) is 9.62. The van der Waals surface area contributed by atoms with E-state index in [0.29, 0.717) is 28.9 Å². The Bertz CT molecular complexity index is 600. The van der Waals surface area contributed by atoms with Crippen molar-refractivity contribution in [2.45, 2.75) is 70.0 Å². The van der Waals surface area contributed by atoms with Crippen molar-refractivity contribution in [1.29, 1.82) is 0 Å². The van der Waals surface area contributed by atoms with Gasteiger partial charge in [0, 0.05) is 5.25 Å². The molecule has 4 heteroatoms. The number of hydrogen-bond acceptors (Lipinski definition) is 2. The van der Waals surface area contributed by atoms with Crippen LogP contribution in [0.15, 0.2) is 11.6 Å². The van der Waals surface area contributed by atoms with Gasteiger partial charge in [-0.25, -0.2) is 8.78 Å². The maximum atomic E-state index is 15.1. The summed E-state index contributed by atoms with van der Waals surface area (Å²) in [6, 6.07) is 0. The van der Waals surface area contributed by atoms with Crippen LogP contribution < -0.4 is 0 Å². The highest BCUT2D eigenvalue weighted by Gasteiger charge is 2.66. The van der Waals surface area contributed by atoms with Crippen LogP contribution in [0.1, 0.15) is 58.8 Å². The number of carbonyl (C=O) groups is 1. The molecule has 0 aromatic heterocycles. The van der Waals surface area contributed by atoms with Gasteiger partial charge < -0.3 is 0 Å². The molecule has 0 heterocycles. The summed E-state index contributed by atoms with van der Waals surface area (Å²) in [5, 5.41) is 0.682. The molecule has 4 aliphatic carbocycles. The van der Waals surface area contributed by atoms with Crippen molar-refractivity contribution in [3.8, 4) is 0 Å². The van der Waals surface area contributed by atoms with Gasteiger partial charge in [-0.05, 0) is 80.9 Å². The van der Waals surface area contributed by atoms with E-state index in [0.717, 1.165) is 24.8 Å². The summed E-state index contributed by atoms with van der Waals surface area (Å²) in [5.41, 5.74) is -0.0337. The Morgan fingerprint density at radius 1 is 1.12 bits per heavy atom. The number of ketones is 1. The maximum absolute atomic E-state index is 15.1. The van der Waals surface area contributed by atoms with Crippen molar-refractivity contribution in [3.05, 3.63) is 11.6 Å². The molecule has 134 valence electrons. The largest absolute Gasteiger partial charge is 0.295 e. The van der Waals surface area contributed by atoms with Crippen LogP contribution in [0.3, 0.4) is 0 Å². The molecule has 0 bridgehead atoms. The molecule has 4 aliphatic rings. The smallest absolute Gasteiger partial charge is 0.264 e. The molecule has 0 radical (unpaired) electrons. The third-order valence-electron chi connectivity index (χ3n) is 8.28. The van der Waals surface area contributed by atoms with E-state index in [1.165, 1.54) is 12.8 Å². The zero-order chi connectivity index (χ0) is 17.3. The van der Waals surface area contributed by atoms with Crippen LogP contribution in [0.5, 0.6) is 0 Å². The van der Waals surface area contributed by atoms with Gasteiger partial charge in [-0.15, -0.1) is 0 Å². The van der Waals surface area contributed by atoms with E-state index in [-0.39, 0.29) is 11.7 Å². The molecule has 3 fully saturated rings. The van der Waals surface area contributed by atoms with E-state index >= 15 is 8.78 Å². The zero-order valence-corrected chi connectivity index (χ0v) is 15.7. The van der Waals surface area contributed by atoms with Crippen LogP contribution in [-0.2, 0) is 4.79 Å². The predicted octanol–water partition coefficient (Wildman–Crippen LogP) is 5.50. The minimum Gasteiger partial charge on any atom is -0.295 e. The fourth-order valence-electron chi connectivity index (χ4n) is 6.94. The van der Waals surface area contributed by atoms with Crippen molar-refractivity contribution in [3.63, 3.8) is 0 Å². The first kappa shape index (κ1) is 17.1. The second kappa shape index (κ2) is 5.31. The Balaban J connectivity index is 1.73. The van der Waals surface area contributed by atoms with E-state index in [2.05, 4.69) is 13.2 Å². The number of hydrogen-bond donors (Lipinski definition) is 0. The summed E-state index contributed by atoms with van der Waals surface area (Å²) in [6.07, 6.45) is 9.26. The highest BCUT2D eigenvalue weighted by molar-refractivity contribution is 7.99. The summed E-state index contributed by atoms with van der Waals surface area (Å²) in [6.45, 7) is 4.18. The van der Waals surface area contributed by atoms with Gasteiger partial charge in [-0.1, -0.05) is 12.5 Å². The summed E-state index contributed by atoms with van der Waals surface area (Å²) in [5.74, 6) is -2.24. The van der Waals surface area contributed by atoms with Crippen LogP contribution in [0.2, 0.25) is 0 Å². The molecule has 0 aromatic carbocycles. The standard InChI is InChI=1S/C20H28F2OS/c1-18-9-8-16-14(15(18)6-7-17(18)24-3)5-4-12-10-13(23)11-20(21,22)19(12,16)2/h10,14-17H,4-9,11H2,1-3H3/t14-,15-,16-,17-,18-,19-/m0/s1. The van der Waals surface area contributed by atoms with E-state index in [9.17, 15) is 4.79 Å². The Hall–Kier alpha value is -0.380. The molecule has 3 saturated carbocycles. The molecule has 0 saturated heterocycles. The number of allylic oxidation sites excluding steroid dienone is 1. The van der Waals surface area contributed by atoms with Crippen LogP contribution in [-0.4, -0.2) is 23.2 Å². The van der Waals surface area contributed by atoms with Crippen molar-refractivity contribution in [2.24, 2.45) is 28.6 Å². The zero-order valence-electron chi connectivity index (χ0n) is 14.9. The van der Waals surface area contributed by atoms with Crippen LogP contribution in [0.4, 0.5) is 8.78 Å². The molecule has 24 heavy (non-hydrogen) atoms. The van der Waals surface area contributed by atoms with Crippen LogP contribution in [0, 0.1) is 28.6 Å². The average molecular weight is 355 g/mol. The maximum Gasteiger partial charge on any atom is 0.264 e. The van der Waals surface area contributed by atoms with E-state index in [4.69, 9.17) is 0 Å². The van der Waals surface area contributed by atoms with Gasteiger partial charge >= 0.3 is 0 Å². The lowest BCUT2D eigenvalue weighted by Gasteiger charge is -2.59. The molecule has 0 spiro atoms. The second-order valence-electron chi connectivity index (χ2n) is 8.98. The molecule has 0 amide bonds. The van der Waals surface area contributed by atoms with Crippen molar-refractivity contribution in [1.82, 2.24) is 0 Å². The second-order valence-corrected chi connectivity index (χ2v) is 10.0. The summed E-state index contributed by atoms with van der Waals surface area (Å²) >= 11 is 1.97. The molecule has 0 aromatic rings. The van der Waals surface area contributed by atoms with Crippen LogP contribution >= 0.6 is 11.8 Å². The molecular formula is C20H28F2OS. The minimum atomic E-state index is -2.89. The number of carbonyl (C=O) groups excluding carboxylic acids is 1. The average Bonchev–Trinajstić information content (AvgIpc) is 2.84. The minimum absolute atomic E-state index is 0.0410. The quantitative estimate of drug-likeness (QED) is 0.619. The van der Waals surface area contributed by atoms with E-state index in [1.54, 1.807) is 13.0 Å². The van der Waals surface area contributed by atoms with Gasteiger partial charge in [-0.2, -0.15) is 11.8 Å². The highest BCUT2D eigenvalue weighted by Crippen LogP contribution is 2.68. The lowest BCUT2D eigenvalue weighted by Crippen LogP contribution is -2.58. The van der Waals surface area contributed by atoms with Crippen LogP contribution in [0.25, 0.3) is 0 Å². The van der Waals surface area contributed by atoms with Gasteiger partial charge in [0.2, 0.25) is 0 Å². The normalized spacial score (nSPS) is 49.9. The Morgan fingerprint density at radius 2 is 1.88 bits per heavy atom. The molecule has 0 N–H and O–H groups in total. The number of alkyl halides is 2. The topological polar surface area (TPSA) is 17.1 Å². The van der Waals surface area contributed by atoms with Crippen molar-refractivity contribution in [2.75, 3.05) is 6.26 Å². The first-order valence-electron chi connectivity index (χ1n) is 9.38. The molecular weight excluding hydrogens is 326 g/mol. The van der Waals surface area contributed by atoms with Crippen molar-refractivity contribution < 1.29 is 13.6 Å². The molecule has 1 nitrogen and oxygen atoms in total. The number of thioether (sulfide) groups is 1. The fourth-order valence-corrected chi connectivity index (χ4v) is 8.14. The fraction of sp³-hybridized carbons (Fsp3) is 0.850. The first-order valence-corrected chi connectivity index (χ1v) is 10.7. The molecule has 4 rings (SSSR count). The van der Waals surface area contributed by atoms with Gasteiger partial charge in [0.25, 0.3) is 5.92 Å². The highest BCUT2D eigenvalue weighted by atomic mass is 32.2. The Labute approximate surface area is 148 Å². The van der Waals surface area contributed by atoms with E-state index in [1.807, 2.05) is 11.8 Å². The molecule has 0 aliphatic heterocycles. The van der Waals surface area contributed by atoms with E-state index < -0.39 is 17.8 Å². The number of halogens is 2. The summed E-state index contributed by atoms with van der Waals surface area (Å²) < 4.78 is 30.1. The lowest BCUT2D eigenvalue weighted by atomic mass is 9.46. The van der Waals surface area contributed by atoms with Gasteiger partial charge in [0.05, 0.1) is 11.8 Å². The molecule has 6 atom stereocenters. The summed E-state index contributed by atoms with van der Waals surface area (Å²) in [7, 11) is 0. The summed E-state index contributed by atoms with van der Waals surface area (Å²) in [4.78, 5) is 11.8. The number of rotatable bonds is 1.